The van der Waals surface area contributed by atoms with Crippen LogP contribution in [0.1, 0.15) is 40.9 Å². The highest BCUT2D eigenvalue weighted by Crippen LogP contribution is 2.37. The molecule has 0 spiro atoms. The fourth-order valence-corrected chi connectivity index (χ4v) is 3.31. The Morgan fingerprint density at radius 2 is 1.93 bits per heavy atom. The van der Waals surface area contributed by atoms with E-state index in [4.69, 9.17) is 14.9 Å². The number of hydrogen-bond acceptors (Lipinski definition) is 4. The van der Waals surface area contributed by atoms with Crippen LogP contribution in [0.2, 0.25) is 0 Å². The summed E-state index contributed by atoms with van der Waals surface area (Å²) in [5.41, 5.74) is 10.2. The number of hydrogen-bond donors (Lipinski definition) is 2. The van der Waals surface area contributed by atoms with E-state index in [-0.39, 0.29) is 11.5 Å². The topological polar surface area (TPSA) is 94.6 Å². The van der Waals surface area contributed by atoms with Gasteiger partial charge in [-0.15, -0.1) is 0 Å². The summed E-state index contributed by atoms with van der Waals surface area (Å²) in [5.74, 6) is -0.273. The van der Waals surface area contributed by atoms with E-state index in [1.807, 2.05) is 33.8 Å². The summed E-state index contributed by atoms with van der Waals surface area (Å²) in [6.45, 7) is 8.16. The maximum atomic E-state index is 12.6. The Morgan fingerprint density at radius 3 is 2.62 bits per heavy atom. The number of para-hydroxylation sites is 1. The van der Waals surface area contributed by atoms with Gasteiger partial charge in [0.15, 0.2) is 0 Å². The van der Waals surface area contributed by atoms with Gasteiger partial charge in [0.25, 0.3) is 5.91 Å². The van der Waals surface area contributed by atoms with Crippen LogP contribution in [0.3, 0.4) is 0 Å². The number of furan rings is 1. The molecule has 2 aromatic carbocycles. The number of nitrogens with two attached hydrogens (primary N) is 1. The van der Waals surface area contributed by atoms with Gasteiger partial charge in [0.05, 0.1) is 24.1 Å². The summed E-state index contributed by atoms with van der Waals surface area (Å²) >= 11 is 0. The zero-order valence-corrected chi connectivity index (χ0v) is 17.0. The fourth-order valence-electron chi connectivity index (χ4n) is 3.31. The zero-order chi connectivity index (χ0) is 21.1. The highest BCUT2D eigenvalue weighted by Gasteiger charge is 2.17. The lowest BCUT2D eigenvalue weighted by atomic mass is 9.98. The van der Waals surface area contributed by atoms with Crippen molar-refractivity contribution in [2.24, 2.45) is 5.73 Å². The van der Waals surface area contributed by atoms with Gasteiger partial charge in [-0.3, -0.25) is 9.59 Å². The number of carbonyl (C=O) groups is 2. The van der Waals surface area contributed by atoms with Crippen molar-refractivity contribution >= 4 is 34.0 Å². The highest BCUT2D eigenvalue weighted by molar-refractivity contribution is 6.08. The standard InChI is InChI=1S/C23H24N2O4/c1-5-28-21-15(4)22-18(14(3)12-29-22)11-17(21)13(2)10-20(26)25-19-9-7-6-8-16(19)23(24)27/h6-12H,5H2,1-4H3,(H2,24,27)(H,25,26)/b13-10+. The number of rotatable bonds is 6. The van der Waals surface area contributed by atoms with Crippen molar-refractivity contribution < 1.29 is 18.7 Å². The Morgan fingerprint density at radius 1 is 1.21 bits per heavy atom. The number of allylic oxidation sites excluding steroid dienone is 1. The molecule has 0 unspecified atom stereocenters. The SMILES string of the molecule is CCOc1c(/C(C)=C/C(=O)Nc2ccccc2C(N)=O)cc2c(C)coc2c1C. The van der Waals surface area contributed by atoms with Crippen molar-refractivity contribution in [3.8, 4) is 5.75 Å². The summed E-state index contributed by atoms with van der Waals surface area (Å²) < 4.78 is 11.5. The Balaban J connectivity index is 2.00. The monoisotopic (exact) mass is 392 g/mol. The van der Waals surface area contributed by atoms with Crippen molar-refractivity contribution in [3.05, 3.63) is 64.9 Å². The lowest BCUT2D eigenvalue weighted by molar-refractivity contribution is -0.111. The van der Waals surface area contributed by atoms with E-state index < -0.39 is 5.91 Å². The summed E-state index contributed by atoms with van der Waals surface area (Å²) in [4.78, 5) is 24.2. The highest BCUT2D eigenvalue weighted by atomic mass is 16.5. The number of aryl methyl sites for hydroxylation is 2. The molecule has 3 aromatic rings. The Labute approximate surface area is 169 Å². The van der Waals surface area contributed by atoms with Crippen LogP contribution in [-0.2, 0) is 4.79 Å². The average molecular weight is 392 g/mol. The molecule has 0 atom stereocenters. The molecule has 29 heavy (non-hydrogen) atoms. The molecule has 3 N–H and O–H groups in total. The number of benzene rings is 2. The van der Waals surface area contributed by atoms with Crippen LogP contribution >= 0.6 is 0 Å². The first-order valence-corrected chi connectivity index (χ1v) is 9.36. The van der Waals surface area contributed by atoms with Gasteiger partial charge in [0, 0.05) is 22.6 Å². The largest absolute Gasteiger partial charge is 0.493 e. The van der Waals surface area contributed by atoms with Crippen LogP contribution in [0.15, 0.2) is 47.1 Å². The molecule has 0 aliphatic heterocycles. The Kier molecular flexibility index (Phi) is 5.73. The van der Waals surface area contributed by atoms with Gasteiger partial charge in [-0.1, -0.05) is 12.1 Å². The van der Waals surface area contributed by atoms with Gasteiger partial charge < -0.3 is 20.2 Å². The lowest BCUT2D eigenvalue weighted by Crippen LogP contribution is -2.17. The molecule has 2 amide bonds. The molecule has 0 aliphatic rings. The first-order chi connectivity index (χ1) is 13.8. The summed E-state index contributed by atoms with van der Waals surface area (Å²) in [7, 11) is 0. The molecular formula is C23H24N2O4. The molecule has 3 rings (SSSR count). The van der Waals surface area contributed by atoms with Crippen molar-refractivity contribution in [1.29, 1.82) is 0 Å². The minimum Gasteiger partial charge on any atom is -0.493 e. The predicted octanol–water partition coefficient (Wildman–Crippen LogP) is 4.59. The Bertz CT molecular complexity index is 1130. The molecule has 0 radical (unpaired) electrons. The van der Waals surface area contributed by atoms with Crippen LogP contribution in [0, 0.1) is 13.8 Å². The molecule has 0 saturated carbocycles. The van der Waals surface area contributed by atoms with Crippen LogP contribution in [0.5, 0.6) is 5.75 Å². The molecule has 1 aromatic heterocycles. The van der Waals surface area contributed by atoms with Crippen molar-refractivity contribution in [2.75, 3.05) is 11.9 Å². The second-order valence-corrected chi connectivity index (χ2v) is 6.83. The maximum absolute atomic E-state index is 12.6. The maximum Gasteiger partial charge on any atom is 0.250 e. The van der Waals surface area contributed by atoms with E-state index in [1.54, 1.807) is 30.5 Å². The molecule has 0 saturated heterocycles. The van der Waals surface area contributed by atoms with E-state index in [1.165, 1.54) is 6.08 Å². The third-order valence-electron chi connectivity index (χ3n) is 4.75. The van der Waals surface area contributed by atoms with E-state index in [0.29, 0.717) is 18.0 Å². The summed E-state index contributed by atoms with van der Waals surface area (Å²) in [5, 5.41) is 3.71. The van der Waals surface area contributed by atoms with E-state index >= 15 is 0 Å². The third-order valence-corrected chi connectivity index (χ3v) is 4.75. The van der Waals surface area contributed by atoms with Gasteiger partial charge in [-0.2, -0.15) is 0 Å². The number of fused-ring (bicyclic) bond motifs is 1. The van der Waals surface area contributed by atoms with Gasteiger partial charge in [0.1, 0.15) is 11.3 Å². The molecule has 6 heteroatoms. The molecule has 1 heterocycles. The average Bonchev–Trinajstić information content (AvgIpc) is 3.05. The van der Waals surface area contributed by atoms with E-state index in [9.17, 15) is 9.59 Å². The number of primary amides is 1. The smallest absolute Gasteiger partial charge is 0.250 e. The number of nitrogens with one attached hydrogen (secondary N) is 1. The minimum atomic E-state index is -0.600. The van der Waals surface area contributed by atoms with Crippen LogP contribution in [0.4, 0.5) is 5.69 Å². The summed E-state index contributed by atoms with van der Waals surface area (Å²) in [6, 6.07) is 8.60. The molecule has 0 aliphatic carbocycles. The quantitative estimate of drug-likeness (QED) is 0.600. The second-order valence-electron chi connectivity index (χ2n) is 6.83. The first kappa shape index (κ1) is 20.2. The van der Waals surface area contributed by atoms with Gasteiger partial charge >= 0.3 is 0 Å². The molecule has 150 valence electrons. The van der Waals surface area contributed by atoms with Crippen LogP contribution < -0.4 is 15.8 Å². The number of carbonyl (C=O) groups excluding carboxylic acids is 2. The molecule has 6 nitrogen and oxygen atoms in total. The van der Waals surface area contributed by atoms with Crippen molar-refractivity contribution in [2.45, 2.75) is 27.7 Å². The minimum absolute atomic E-state index is 0.258. The lowest BCUT2D eigenvalue weighted by Gasteiger charge is -2.15. The first-order valence-electron chi connectivity index (χ1n) is 9.36. The van der Waals surface area contributed by atoms with E-state index in [2.05, 4.69) is 5.32 Å². The molecular weight excluding hydrogens is 368 g/mol. The van der Waals surface area contributed by atoms with Crippen LogP contribution in [-0.4, -0.2) is 18.4 Å². The van der Waals surface area contributed by atoms with Crippen LogP contribution in [0.25, 0.3) is 16.5 Å². The van der Waals surface area contributed by atoms with Crippen molar-refractivity contribution in [3.63, 3.8) is 0 Å². The number of amides is 2. The van der Waals surface area contributed by atoms with Gasteiger partial charge in [0.2, 0.25) is 5.91 Å². The zero-order valence-electron chi connectivity index (χ0n) is 17.0. The predicted molar refractivity (Wildman–Crippen MR) is 114 cm³/mol. The Hall–Kier alpha value is -3.54. The molecule has 0 fully saturated rings. The second kappa shape index (κ2) is 8.22. The van der Waals surface area contributed by atoms with Gasteiger partial charge in [-0.05, 0) is 57.0 Å². The normalized spacial score (nSPS) is 11.5. The fraction of sp³-hybridized carbons (Fsp3) is 0.217. The van der Waals surface area contributed by atoms with Gasteiger partial charge in [-0.25, -0.2) is 0 Å². The number of anilines is 1. The van der Waals surface area contributed by atoms with Crippen molar-refractivity contribution in [1.82, 2.24) is 0 Å². The number of ether oxygens (including phenoxy) is 1. The van der Waals surface area contributed by atoms with E-state index in [0.717, 1.165) is 33.2 Å². The summed E-state index contributed by atoms with van der Waals surface area (Å²) in [6.07, 6.45) is 3.19. The molecule has 0 bridgehead atoms. The third kappa shape index (κ3) is 4.01.